The highest BCUT2D eigenvalue weighted by molar-refractivity contribution is 6.30. The first-order valence-corrected chi connectivity index (χ1v) is 9.11. The molecule has 1 heterocycles. The van der Waals surface area contributed by atoms with E-state index in [1.807, 2.05) is 35.6 Å². The SMILES string of the molecule is O=C(NC(c1ccccc1)c1ccc(Cl)cc1)C1CCC(C(F)(F)F)NC1=O. The predicted octanol–water partition coefficient (Wildman–Crippen LogP) is 4.00. The number of carbonyl (C=O) groups excluding carboxylic acids is 2. The molecule has 0 aromatic heterocycles. The lowest BCUT2D eigenvalue weighted by molar-refractivity contribution is -0.171. The van der Waals surface area contributed by atoms with E-state index >= 15 is 0 Å². The van der Waals surface area contributed by atoms with Gasteiger partial charge < -0.3 is 10.6 Å². The Morgan fingerprint density at radius 3 is 2.21 bits per heavy atom. The van der Waals surface area contributed by atoms with Gasteiger partial charge in [-0.05, 0) is 36.1 Å². The molecule has 28 heavy (non-hydrogen) atoms. The van der Waals surface area contributed by atoms with Crippen LogP contribution in [0.4, 0.5) is 13.2 Å². The van der Waals surface area contributed by atoms with Gasteiger partial charge in [-0.15, -0.1) is 0 Å². The third-order valence-electron chi connectivity index (χ3n) is 4.71. The van der Waals surface area contributed by atoms with Crippen LogP contribution in [0.2, 0.25) is 5.02 Å². The van der Waals surface area contributed by atoms with Gasteiger partial charge in [-0.3, -0.25) is 9.59 Å². The van der Waals surface area contributed by atoms with Crippen molar-refractivity contribution in [3.63, 3.8) is 0 Å². The van der Waals surface area contributed by atoms with E-state index < -0.39 is 36.0 Å². The molecule has 4 nitrogen and oxygen atoms in total. The van der Waals surface area contributed by atoms with Gasteiger partial charge in [-0.2, -0.15) is 13.2 Å². The Morgan fingerprint density at radius 1 is 1.04 bits per heavy atom. The number of hydrogen-bond acceptors (Lipinski definition) is 2. The van der Waals surface area contributed by atoms with E-state index in [0.29, 0.717) is 5.02 Å². The molecule has 0 bridgehead atoms. The standard InChI is InChI=1S/C20H18ClF3N2O2/c21-14-8-6-13(7-9-14)17(12-4-2-1-3-5-12)26-19(28)15-10-11-16(20(22,23)24)25-18(15)27/h1-9,15-17H,10-11H2,(H,25,27)(H,26,28). The van der Waals surface area contributed by atoms with Crippen molar-refractivity contribution in [3.05, 3.63) is 70.7 Å². The minimum atomic E-state index is -4.52. The lowest BCUT2D eigenvalue weighted by atomic mass is 9.91. The minimum absolute atomic E-state index is 0.163. The molecule has 1 aliphatic heterocycles. The number of nitrogens with one attached hydrogen (secondary N) is 2. The van der Waals surface area contributed by atoms with Gasteiger partial charge in [0.25, 0.3) is 0 Å². The number of benzene rings is 2. The molecule has 0 radical (unpaired) electrons. The Balaban J connectivity index is 1.79. The van der Waals surface area contributed by atoms with Crippen LogP contribution in [0.1, 0.15) is 30.0 Å². The van der Waals surface area contributed by atoms with Crippen LogP contribution in [-0.2, 0) is 9.59 Å². The summed E-state index contributed by atoms with van der Waals surface area (Å²) in [7, 11) is 0. The number of amides is 2. The Bertz CT molecular complexity index is 841. The molecule has 1 aliphatic rings. The molecule has 1 saturated heterocycles. The Labute approximate surface area is 165 Å². The van der Waals surface area contributed by atoms with Crippen molar-refractivity contribution in [2.75, 3.05) is 0 Å². The fourth-order valence-corrected chi connectivity index (χ4v) is 3.33. The van der Waals surface area contributed by atoms with E-state index in [4.69, 9.17) is 11.6 Å². The normalized spacial score (nSPS) is 20.9. The molecular weight excluding hydrogens is 393 g/mol. The summed E-state index contributed by atoms with van der Waals surface area (Å²) in [6.07, 6.45) is -5.01. The second-order valence-electron chi connectivity index (χ2n) is 6.64. The maximum Gasteiger partial charge on any atom is 0.408 e. The first-order chi connectivity index (χ1) is 13.3. The largest absolute Gasteiger partial charge is 0.408 e. The van der Waals surface area contributed by atoms with Crippen LogP contribution in [0.3, 0.4) is 0 Å². The maximum atomic E-state index is 12.8. The molecule has 0 aliphatic carbocycles. The molecule has 8 heteroatoms. The van der Waals surface area contributed by atoms with Crippen LogP contribution in [0, 0.1) is 5.92 Å². The Morgan fingerprint density at radius 2 is 1.64 bits per heavy atom. The summed E-state index contributed by atoms with van der Waals surface area (Å²) in [5.41, 5.74) is 1.52. The second kappa shape index (κ2) is 8.22. The fourth-order valence-electron chi connectivity index (χ4n) is 3.21. The number of alkyl halides is 3. The van der Waals surface area contributed by atoms with E-state index in [-0.39, 0.29) is 12.8 Å². The van der Waals surface area contributed by atoms with Crippen molar-refractivity contribution < 1.29 is 22.8 Å². The highest BCUT2D eigenvalue weighted by atomic mass is 35.5. The summed E-state index contributed by atoms with van der Waals surface area (Å²) < 4.78 is 38.4. The topological polar surface area (TPSA) is 58.2 Å². The Hall–Kier alpha value is -2.54. The van der Waals surface area contributed by atoms with Gasteiger partial charge in [0.05, 0.1) is 6.04 Å². The van der Waals surface area contributed by atoms with Gasteiger partial charge in [0.1, 0.15) is 12.0 Å². The molecule has 0 spiro atoms. The highest BCUT2D eigenvalue weighted by Gasteiger charge is 2.46. The molecule has 1 fully saturated rings. The van der Waals surface area contributed by atoms with E-state index in [1.165, 1.54) is 0 Å². The molecule has 2 aromatic carbocycles. The first kappa shape index (κ1) is 20.2. The van der Waals surface area contributed by atoms with Gasteiger partial charge in [0.2, 0.25) is 11.8 Å². The zero-order valence-corrected chi connectivity index (χ0v) is 15.4. The third-order valence-corrected chi connectivity index (χ3v) is 4.96. The van der Waals surface area contributed by atoms with Crippen molar-refractivity contribution in [3.8, 4) is 0 Å². The van der Waals surface area contributed by atoms with Crippen LogP contribution in [0.15, 0.2) is 54.6 Å². The zero-order valence-electron chi connectivity index (χ0n) is 14.7. The van der Waals surface area contributed by atoms with Gasteiger partial charge in [-0.25, -0.2) is 0 Å². The first-order valence-electron chi connectivity index (χ1n) is 8.73. The number of halogens is 4. The fraction of sp³-hybridized carbons (Fsp3) is 0.300. The Kier molecular flexibility index (Phi) is 5.93. The average molecular weight is 411 g/mol. The summed E-state index contributed by atoms with van der Waals surface area (Å²) in [6, 6.07) is 13.5. The van der Waals surface area contributed by atoms with Crippen LogP contribution in [0.25, 0.3) is 0 Å². The molecule has 3 atom stereocenters. The van der Waals surface area contributed by atoms with Crippen molar-refractivity contribution in [2.45, 2.75) is 31.1 Å². The number of piperidine rings is 1. The molecule has 3 unspecified atom stereocenters. The highest BCUT2D eigenvalue weighted by Crippen LogP contribution is 2.30. The quantitative estimate of drug-likeness (QED) is 0.748. The van der Waals surface area contributed by atoms with Gasteiger partial charge in [-0.1, -0.05) is 54.1 Å². The van der Waals surface area contributed by atoms with Crippen LogP contribution < -0.4 is 10.6 Å². The monoisotopic (exact) mass is 410 g/mol. The minimum Gasteiger partial charge on any atom is -0.344 e. The average Bonchev–Trinajstić information content (AvgIpc) is 2.66. The van der Waals surface area contributed by atoms with Gasteiger partial charge in [0.15, 0.2) is 0 Å². The van der Waals surface area contributed by atoms with Crippen molar-refractivity contribution in [2.24, 2.45) is 5.92 Å². The molecule has 3 rings (SSSR count). The summed E-state index contributed by atoms with van der Waals surface area (Å²) in [5, 5.41) is 5.24. The molecule has 0 saturated carbocycles. The molecule has 2 N–H and O–H groups in total. The molecule has 148 valence electrons. The number of hydrogen-bond donors (Lipinski definition) is 2. The smallest absolute Gasteiger partial charge is 0.344 e. The molecular formula is C20H18ClF3N2O2. The van der Waals surface area contributed by atoms with E-state index in [9.17, 15) is 22.8 Å². The third kappa shape index (κ3) is 4.65. The summed E-state index contributed by atoms with van der Waals surface area (Å²) in [4.78, 5) is 24.8. The van der Waals surface area contributed by atoms with E-state index in [0.717, 1.165) is 11.1 Å². The summed E-state index contributed by atoms with van der Waals surface area (Å²) in [5.74, 6) is -2.69. The lowest BCUT2D eigenvalue weighted by Gasteiger charge is -2.31. The second-order valence-corrected chi connectivity index (χ2v) is 7.07. The summed E-state index contributed by atoms with van der Waals surface area (Å²) >= 11 is 5.93. The number of rotatable bonds is 4. The maximum absolute atomic E-state index is 12.8. The van der Waals surface area contributed by atoms with Crippen LogP contribution in [-0.4, -0.2) is 24.0 Å². The van der Waals surface area contributed by atoms with Gasteiger partial charge >= 0.3 is 6.18 Å². The lowest BCUT2D eigenvalue weighted by Crippen LogP contribution is -2.54. The van der Waals surface area contributed by atoms with Crippen molar-refractivity contribution in [1.29, 1.82) is 0 Å². The van der Waals surface area contributed by atoms with Gasteiger partial charge in [0, 0.05) is 5.02 Å². The molecule has 2 aromatic rings. The number of carbonyl (C=O) groups is 2. The van der Waals surface area contributed by atoms with E-state index in [2.05, 4.69) is 5.32 Å². The van der Waals surface area contributed by atoms with E-state index in [1.54, 1.807) is 24.3 Å². The zero-order chi connectivity index (χ0) is 20.3. The van der Waals surface area contributed by atoms with Crippen molar-refractivity contribution >= 4 is 23.4 Å². The van der Waals surface area contributed by atoms with Crippen LogP contribution in [0.5, 0.6) is 0 Å². The summed E-state index contributed by atoms with van der Waals surface area (Å²) in [6.45, 7) is 0. The van der Waals surface area contributed by atoms with Crippen molar-refractivity contribution in [1.82, 2.24) is 10.6 Å². The molecule has 2 amide bonds. The van der Waals surface area contributed by atoms with Crippen LogP contribution >= 0.6 is 11.6 Å². The predicted molar refractivity (Wildman–Crippen MR) is 98.6 cm³/mol.